The average Bonchev–Trinajstić information content (AvgIpc) is 3.10. The van der Waals surface area contributed by atoms with Gasteiger partial charge in [-0.15, -0.1) is 0 Å². The van der Waals surface area contributed by atoms with Gasteiger partial charge in [-0.2, -0.15) is 0 Å². The summed E-state index contributed by atoms with van der Waals surface area (Å²) in [5.41, 5.74) is 0. The van der Waals surface area contributed by atoms with Crippen LogP contribution in [0.3, 0.4) is 0 Å². The lowest BCUT2D eigenvalue weighted by atomic mass is 9.92. The Balaban J connectivity index is 2.40. The third-order valence-electron chi connectivity index (χ3n) is 3.87. The molecular formula is C13H25NO2. The number of carbonyl (C=O) groups excluding carboxylic acids is 1. The van der Waals surface area contributed by atoms with E-state index in [0.717, 1.165) is 6.42 Å². The van der Waals surface area contributed by atoms with Crippen molar-refractivity contribution >= 4 is 5.91 Å². The van der Waals surface area contributed by atoms with Crippen molar-refractivity contribution in [2.75, 3.05) is 6.61 Å². The molecule has 3 unspecified atom stereocenters. The molecule has 0 aromatic rings. The molecule has 1 aliphatic carbocycles. The largest absolute Gasteiger partial charge is 0.396 e. The third kappa shape index (κ3) is 3.78. The van der Waals surface area contributed by atoms with Crippen molar-refractivity contribution < 1.29 is 9.90 Å². The van der Waals surface area contributed by atoms with Crippen LogP contribution in [0.1, 0.15) is 46.5 Å². The van der Waals surface area contributed by atoms with Gasteiger partial charge in [0, 0.05) is 18.6 Å². The predicted octanol–water partition coefficient (Wildman–Crippen LogP) is 1.95. The van der Waals surface area contributed by atoms with Crippen LogP contribution in [0, 0.1) is 17.8 Å². The van der Waals surface area contributed by atoms with E-state index in [-0.39, 0.29) is 24.5 Å². The third-order valence-corrected chi connectivity index (χ3v) is 3.87. The van der Waals surface area contributed by atoms with Gasteiger partial charge in [0.15, 0.2) is 0 Å². The first kappa shape index (κ1) is 13.5. The van der Waals surface area contributed by atoms with Crippen molar-refractivity contribution in [3.05, 3.63) is 0 Å². The standard InChI is InChI=1S/C13H25NO2/c1-4-9(2)10(3)13(16)14-12(7-8-15)11-5-6-11/h9-12,15H,4-8H2,1-3H3,(H,14,16). The predicted molar refractivity (Wildman–Crippen MR) is 65.0 cm³/mol. The van der Waals surface area contributed by atoms with Crippen molar-refractivity contribution in [2.45, 2.75) is 52.5 Å². The van der Waals surface area contributed by atoms with Crippen LogP contribution in [0.15, 0.2) is 0 Å². The second-order valence-corrected chi connectivity index (χ2v) is 5.14. The summed E-state index contributed by atoms with van der Waals surface area (Å²) >= 11 is 0. The summed E-state index contributed by atoms with van der Waals surface area (Å²) in [4.78, 5) is 12.0. The molecule has 1 fully saturated rings. The molecule has 2 N–H and O–H groups in total. The number of aliphatic hydroxyl groups excluding tert-OH is 1. The highest BCUT2D eigenvalue weighted by molar-refractivity contribution is 5.78. The lowest BCUT2D eigenvalue weighted by Crippen LogP contribution is -2.41. The number of nitrogens with one attached hydrogen (secondary N) is 1. The van der Waals surface area contributed by atoms with E-state index in [0.29, 0.717) is 18.3 Å². The van der Waals surface area contributed by atoms with E-state index in [4.69, 9.17) is 5.11 Å². The molecule has 16 heavy (non-hydrogen) atoms. The normalized spacial score (nSPS) is 21.2. The zero-order valence-electron chi connectivity index (χ0n) is 10.7. The molecule has 0 saturated heterocycles. The van der Waals surface area contributed by atoms with Crippen LogP contribution in [-0.4, -0.2) is 23.7 Å². The number of amides is 1. The van der Waals surface area contributed by atoms with E-state index < -0.39 is 0 Å². The maximum atomic E-state index is 12.0. The van der Waals surface area contributed by atoms with E-state index >= 15 is 0 Å². The van der Waals surface area contributed by atoms with Gasteiger partial charge in [-0.25, -0.2) is 0 Å². The van der Waals surface area contributed by atoms with Gasteiger partial charge in [0.2, 0.25) is 5.91 Å². The summed E-state index contributed by atoms with van der Waals surface area (Å²) in [5, 5.41) is 12.1. The molecule has 0 heterocycles. The Morgan fingerprint density at radius 3 is 2.50 bits per heavy atom. The molecule has 3 heteroatoms. The van der Waals surface area contributed by atoms with Gasteiger partial charge >= 0.3 is 0 Å². The summed E-state index contributed by atoms with van der Waals surface area (Å²) in [6, 6.07) is 0.198. The van der Waals surface area contributed by atoms with Crippen molar-refractivity contribution in [3.8, 4) is 0 Å². The fourth-order valence-corrected chi connectivity index (χ4v) is 1.99. The number of carbonyl (C=O) groups is 1. The highest BCUT2D eigenvalue weighted by Gasteiger charge is 2.33. The minimum atomic E-state index is 0.0740. The van der Waals surface area contributed by atoms with Gasteiger partial charge < -0.3 is 10.4 Å². The molecule has 0 radical (unpaired) electrons. The molecule has 1 saturated carbocycles. The van der Waals surface area contributed by atoms with Gasteiger partial charge in [-0.05, 0) is 31.1 Å². The summed E-state index contributed by atoms with van der Waals surface area (Å²) in [6.07, 6.45) is 4.12. The maximum absolute atomic E-state index is 12.0. The summed E-state index contributed by atoms with van der Waals surface area (Å²) < 4.78 is 0. The van der Waals surface area contributed by atoms with Gasteiger partial charge in [-0.1, -0.05) is 27.2 Å². The van der Waals surface area contributed by atoms with Gasteiger partial charge in [0.25, 0.3) is 0 Å². The molecule has 0 aromatic heterocycles. The van der Waals surface area contributed by atoms with Crippen LogP contribution in [-0.2, 0) is 4.79 Å². The first-order valence-electron chi connectivity index (χ1n) is 6.51. The Morgan fingerprint density at radius 2 is 2.06 bits per heavy atom. The smallest absolute Gasteiger partial charge is 0.223 e. The molecular weight excluding hydrogens is 202 g/mol. The molecule has 0 aliphatic heterocycles. The zero-order chi connectivity index (χ0) is 12.1. The minimum absolute atomic E-state index is 0.0740. The fourth-order valence-electron chi connectivity index (χ4n) is 1.99. The summed E-state index contributed by atoms with van der Waals surface area (Å²) in [5.74, 6) is 1.26. The quantitative estimate of drug-likeness (QED) is 0.698. The van der Waals surface area contributed by atoms with Crippen LogP contribution in [0.4, 0.5) is 0 Å². The van der Waals surface area contributed by atoms with Crippen LogP contribution >= 0.6 is 0 Å². The van der Waals surface area contributed by atoms with Gasteiger partial charge in [0.1, 0.15) is 0 Å². The second-order valence-electron chi connectivity index (χ2n) is 5.14. The monoisotopic (exact) mass is 227 g/mol. The van der Waals surface area contributed by atoms with E-state index in [1.165, 1.54) is 12.8 Å². The zero-order valence-corrected chi connectivity index (χ0v) is 10.7. The van der Waals surface area contributed by atoms with E-state index in [1.54, 1.807) is 0 Å². The summed E-state index contributed by atoms with van der Waals surface area (Å²) in [7, 11) is 0. The van der Waals surface area contributed by atoms with Gasteiger partial charge in [-0.3, -0.25) is 4.79 Å². The van der Waals surface area contributed by atoms with Crippen LogP contribution in [0.25, 0.3) is 0 Å². The van der Waals surface area contributed by atoms with Crippen LogP contribution in [0.5, 0.6) is 0 Å². The van der Waals surface area contributed by atoms with Crippen molar-refractivity contribution in [3.63, 3.8) is 0 Å². The highest BCUT2D eigenvalue weighted by Crippen LogP contribution is 2.34. The molecule has 3 nitrogen and oxygen atoms in total. The second kappa shape index (κ2) is 6.24. The molecule has 0 spiro atoms. The lowest BCUT2D eigenvalue weighted by Gasteiger charge is -2.23. The van der Waals surface area contributed by atoms with Crippen LogP contribution < -0.4 is 5.32 Å². The molecule has 1 aliphatic rings. The molecule has 1 rings (SSSR count). The summed E-state index contributed by atoms with van der Waals surface area (Å²) in [6.45, 7) is 6.38. The van der Waals surface area contributed by atoms with E-state index in [2.05, 4.69) is 19.2 Å². The Kier molecular flexibility index (Phi) is 5.26. The molecule has 1 amide bonds. The first-order valence-corrected chi connectivity index (χ1v) is 6.51. The van der Waals surface area contributed by atoms with Gasteiger partial charge in [0.05, 0.1) is 0 Å². The number of hydrogen-bond acceptors (Lipinski definition) is 2. The van der Waals surface area contributed by atoms with E-state index in [9.17, 15) is 4.79 Å². The number of hydrogen-bond donors (Lipinski definition) is 2. The molecule has 0 bridgehead atoms. The molecule has 3 atom stereocenters. The Morgan fingerprint density at radius 1 is 1.44 bits per heavy atom. The number of aliphatic hydroxyl groups is 1. The topological polar surface area (TPSA) is 49.3 Å². The fraction of sp³-hybridized carbons (Fsp3) is 0.923. The SMILES string of the molecule is CCC(C)C(C)C(=O)NC(CCO)C1CC1. The Labute approximate surface area is 98.6 Å². The van der Waals surface area contributed by atoms with Crippen molar-refractivity contribution in [1.29, 1.82) is 0 Å². The van der Waals surface area contributed by atoms with Crippen molar-refractivity contribution in [1.82, 2.24) is 5.32 Å². The van der Waals surface area contributed by atoms with E-state index in [1.807, 2.05) is 6.92 Å². The highest BCUT2D eigenvalue weighted by atomic mass is 16.3. The minimum Gasteiger partial charge on any atom is -0.396 e. The Hall–Kier alpha value is -0.570. The molecule has 0 aromatic carbocycles. The van der Waals surface area contributed by atoms with Crippen molar-refractivity contribution in [2.24, 2.45) is 17.8 Å². The first-order chi connectivity index (χ1) is 7.60. The lowest BCUT2D eigenvalue weighted by molar-refractivity contribution is -0.126. The Bertz CT molecular complexity index is 226. The van der Waals surface area contributed by atoms with Crippen LogP contribution in [0.2, 0.25) is 0 Å². The average molecular weight is 227 g/mol. The number of rotatable bonds is 7. The maximum Gasteiger partial charge on any atom is 0.223 e. The molecule has 94 valence electrons.